The van der Waals surface area contributed by atoms with Crippen molar-refractivity contribution in [2.75, 3.05) is 0 Å². The lowest BCUT2D eigenvalue weighted by atomic mass is 10.2. The zero-order valence-electron chi connectivity index (χ0n) is 7.79. The number of nitrogens with one attached hydrogen (secondary N) is 1. The van der Waals surface area contributed by atoms with Gasteiger partial charge in [0.25, 0.3) is 0 Å². The predicted octanol–water partition coefficient (Wildman–Crippen LogP) is 2.05. The van der Waals surface area contributed by atoms with Crippen LogP contribution in [0.2, 0.25) is 0 Å². The Balaban J connectivity index is 1.96. The molecule has 0 amide bonds. The van der Waals surface area contributed by atoms with E-state index in [1.54, 1.807) is 11.3 Å². The third-order valence-electron chi connectivity index (χ3n) is 2.32. The van der Waals surface area contributed by atoms with Crippen molar-refractivity contribution in [1.29, 1.82) is 0 Å². The van der Waals surface area contributed by atoms with Crippen molar-refractivity contribution in [3.63, 3.8) is 0 Å². The molecule has 1 aliphatic rings. The molecule has 1 unspecified atom stereocenters. The van der Waals surface area contributed by atoms with Gasteiger partial charge in [-0.15, -0.1) is 11.3 Å². The van der Waals surface area contributed by atoms with Gasteiger partial charge < -0.3 is 5.11 Å². The fraction of sp³-hybridized carbons (Fsp3) is 0.600. The van der Waals surface area contributed by atoms with Crippen LogP contribution in [0.4, 0.5) is 0 Å². The summed E-state index contributed by atoms with van der Waals surface area (Å²) >= 11 is 1.64. The molecule has 0 radical (unpaired) electrons. The van der Waals surface area contributed by atoms with Crippen LogP contribution in [-0.4, -0.2) is 11.1 Å². The zero-order chi connectivity index (χ0) is 9.26. The molecule has 2 N–H and O–H groups in total. The van der Waals surface area contributed by atoms with Gasteiger partial charge in [0, 0.05) is 10.9 Å². The summed E-state index contributed by atoms with van der Waals surface area (Å²) in [6.45, 7) is 2.13. The number of thiophene rings is 1. The summed E-state index contributed by atoms with van der Waals surface area (Å²) < 4.78 is 0. The first-order chi connectivity index (χ1) is 6.29. The van der Waals surface area contributed by atoms with Gasteiger partial charge in [-0.3, -0.25) is 5.32 Å². The van der Waals surface area contributed by atoms with Gasteiger partial charge in [-0.05, 0) is 36.3 Å². The molecule has 1 aliphatic carbocycles. The smallest absolute Gasteiger partial charge is 0.140 e. The van der Waals surface area contributed by atoms with Gasteiger partial charge in [0.2, 0.25) is 0 Å². The topological polar surface area (TPSA) is 32.3 Å². The molecule has 0 saturated heterocycles. The minimum atomic E-state index is -0.446. The molecule has 0 bridgehead atoms. The van der Waals surface area contributed by atoms with Gasteiger partial charge in [-0.2, -0.15) is 0 Å². The molecule has 1 aromatic rings. The highest BCUT2D eigenvalue weighted by molar-refractivity contribution is 7.10. The molecular formula is C10H15NOS. The first-order valence-electron chi connectivity index (χ1n) is 4.81. The van der Waals surface area contributed by atoms with E-state index in [-0.39, 0.29) is 0 Å². The minimum absolute atomic E-state index is 0.446. The molecule has 2 rings (SSSR count). The summed E-state index contributed by atoms with van der Waals surface area (Å²) in [4.78, 5) is 1.05. The SMILES string of the molecule is CCc1csc(C(O)NC2CC2)c1. The Hall–Kier alpha value is -0.380. The van der Waals surface area contributed by atoms with Gasteiger partial charge in [-0.1, -0.05) is 6.92 Å². The van der Waals surface area contributed by atoms with E-state index in [1.807, 2.05) is 0 Å². The molecule has 13 heavy (non-hydrogen) atoms. The molecule has 0 spiro atoms. The van der Waals surface area contributed by atoms with E-state index in [4.69, 9.17) is 0 Å². The van der Waals surface area contributed by atoms with Crippen molar-refractivity contribution >= 4 is 11.3 Å². The Morgan fingerprint density at radius 1 is 1.69 bits per heavy atom. The minimum Gasteiger partial charge on any atom is -0.373 e. The first kappa shape index (κ1) is 9.19. The molecule has 1 fully saturated rings. The van der Waals surface area contributed by atoms with Crippen molar-refractivity contribution in [1.82, 2.24) is 5.32 Å². The van der Waals surface area contributed by atoms with Crippen LogP contribution in [0.3, 0.4) is 0 Å². The van der Waals surface area contributed by atoms with Crippen molar-refractivity contribution in [3.05, 3.63) is 21.9 Å². The van der Waals surface area contributed by atoms with Crippen LogP contribution in [0.15, 0.2) is 11.4 Å². The zero-order valence-corrected chi connectivity index (χ0v) is 8.60. The predicted molar refractivity (Wildman–Crippen MR) is 54.8 cm³/mol. The van der Waals surface area contributed by atoms with Crippen LogP contribution in [0, 0.1) is 0 Å². The molecule has 0 aliphatic heterocycles. The van der Waals surface area contributed by atoms with Crippen molar-refractivity contribution < 1.29 is 5.11 Å². The largest absolute Gasteiger partial charge is 0.373 e. The van der Waals surface area contributed by atoms with E-state index in [0.717, 1.165) is 11.3 Å². The lowest BCUT2D eigenvalue weighted by Crippen LogP contribution is -2.21. The average molecular weight is 197 g/mol. The van der Waals surface area contributed by atoms with E-state index in [1.165, 1.54) is 18.4 Å². The molecular weight excluding hydrogens is 182 g/mol. The normalized spacial score (nSPS) is 18.9. The fourth-order valence-corrected chi connectivity index (χ4v) is 2.22. The van der Waals surface area contributed by atoms with E-state index in [0.29, 0.717) is 6.04 Å². The highest BCUT2D eigenvalue weighted by Gasteiger charge is 2.24. The third-order valence-corrected chi connectivity index (χ3v) is 3.36. The maximum absolute atomic E-state index is 9.74. The maximum Gasteiger partial charge on any atom is 0.140 e. The van der Waals surface area contributed by atoms with Gasteiger partial charge in [-0.25, -0.2) is 0 Å². The third kappa shape index (κ3) is 2.30. The van der Waals surface area contributed by atoms with Gasteiger partial charge in [0.15, 0.2) is 0 Å². The first-order valence-corrected chi connectivity index (χ1v) is 5.69. The Kier molecular flexibility index (Phi) is 2.67. The van der Waals surface area contributed by atoms with Gasteiger partial charge >= 0.3 is 0 Å². The van der Waals surface area contributed by atoms with E-state index in [9.17, 15) is 5.11 Å². The van der Waals surface area contributed by atoms with E-state index >= 15 is 0 Å². The molecule has 2 nitrogen and oxygen atoms in total. The van der Waals surface area contributed by atoms with Crippen molar-refractivity contribution in [2.24, 2.45) is 0 Å². The van der Waals surface area contributed by atoms with Crippen molar-refractivity contribution in [3.8, 4) is 0 Å². The average Bonchev–Trinajstić information content (AvgIpc) is 2.82. The summed E-state index contributed by atoms with van der Waals surface area (Å²) in [6, 6.07) is 2.65. The lowest BCUT2D eigenvalue weighted by molar-refractivity contribution is 0.140. The van der Waals surface area contributed by atoms with Crippen LogP contribution < -0.4 is 5.32 Å². The van der Waals surface area contributed by atoms with Crippen LogP contribution in [0.25, 0.3) is 0 Å². The second kappa shape index (κ2) is 3.78. The highest BCUT2D eigenvalue weighted by Crippen LogP contribution is 2.26. The summed E-state index contributed by atoms with van der Waals surface area (Å²) in [7, 11) is 0. The van der Waals surface area contributed by atoms with E-state index < -0.39 is 6.23 Å². The number of hydrogen-bond donors (Lipinski definition) is 2. The number of hydrogen-bond acceptors (Lipinski definition) is 3. The number of aliphatic hydroxyl groups is 1. The Bertz CT molecular complexity index is 280. The molecule has 0 aromatic carbocycles. The Morgan fingerprint density at radius 3 is 3.00 bits per heavy atom. The van der Waals surface area contributed by atoms with Gasteiger partial charge in [0.1, 0.15) is 6.23 Å². The molecule has 1 saturated carbocycles. The number of aryl methyl sites for hydroxylation is 1. The second-order valence-electron chi connectivity index (χ2n) is 3.55. The number of rotatable bonds is 4. The summed E-state index contributed by atoms with van der Waals surface area (Å²) in [5.41, 5.74) is 1.32. The van der Waals surface area contributed by atoms with Crippen molar-refractivity contribution in [2.45, 2.75) is 38.5 Å². The van der Waals surface area contributed by atoms with Gasteiger partial charge in [0.05, 0.1) is 0 Å². The van der Waals surface area contributed by atoms with Crippen LogP contribution in [0.5, 0.6) is 0 Å². The summed E-state index contributed by atoms with van der Waals surface area (Å²) in [5, 5.41) is 15.0. The summed E-state index contributed by atoms with van der Waals surface area (Å²) in [5.74, 6) is 0. The molecule has 1 atom stereocenters. The standard InChI is InChI=1S/C10H15NOS/c1-2-7-5-9(13-6-7)10(12)11-8-3-4-8/h5-6,8,10-12H,2-4H2,1H3. The molecule has 72 valence electrons. The fourth-order valence-electron chi connectivity index (χ4n) is 1.28. The van der Waals surface area contributed by atoms with Crippen LogP contribution in [-0.2, 0) is 6.42 Å². The molecule has 1 heterocycles. The quantitative estimate of drug-likeness (QED) is 0.724. The highest BCUT2D eigenvalue weighted by atomic mass is 32.1. The van der Waals surface area contributed by atoms with Crippen LogP contribution in [0.1, 0.15) is 36.4 Å². The monoisotopic (exact) mass is 197 g/mol. The second-order valence-corrected chi connectivity index (χ2v) is 4.50. The van der Waals surface area contributed by atoms with Crippen LogP contribution >= 0.6 is 11.3 Å². The molecule has 3 heteroatoms. The Morgan fingerprint density at radius 2 is 2.46 bits per heavy atom. The maximum atomic E-state index is 9.74. The van der Waals surface area contributed by atoms with E-state index in [2.05, 4.69) is 23.7 Å². The summed E-state index contributed by atoms with van der Waals surface area (Å²) in [6.07, 6.45) is 3.02. The Labute approximate surface area is 82.6 Å². The number of aliphatic hydroxyl groups excluding tert-OH is 1. The lowest BCUT2D eigenvalue weighted by Gasteiger charge is -2.08. The molecule has 1 aromatic heterocycles.